The van der Waals surface area contributed by atoms with Gasteiger partial charge >= 0.3 is 0 Å². The van der Waals surface area contributed by atoms with Crippen LogP contribution in [0.5, 0.6) is 5.75 Å². The fraction of sp³-hybridized carbons (Fsp3) is 0.538. The Morgan fingerprint density at radius 3 is 2.31 bits per heavy atom. The first kappa shape index (κ1) is 11.4. The molecular weight excluding hydrogens is 200 g/mol. The first-order valence-electron chi connectivity index (χ1n) is 5.81. The standard InChI is InChI=1S/C13H20N2O/c1-16-11-5-3-10(4-6-11)12(15)13(9-14)7-2-8-13/h3-6,12H,2,7-9,14-15H2,1H3. The third-order valence-corrected chi connectivity index (χ3v) is 3.89. The molecule has 0 aliphatic heterocycles. The van der Waals surface area contributed by atoms with Crippen LogP contribution in [0.15, 0.2) is 24.3 Å². The molecule has 0 aromatic heterocycles. The highest BCUT2D eigenvalue weighted by Gasteiger charge is 2.41. The summed E-state index contributed by atoms with van der Waals surface area (Å²) in [5, 5.41) is 0. The highest BCUT2D eigenvalue weighted by Crippen LogP contribution is 2.48. The highest BCUT2D eigenvalue weighted by molar-refractivity contribution is 5.30. The lowest BCUT2D eigenvalue weighted by Gasteiger charge is -2.45. The van der Waals surface area contributed by atoms with Crippen LogP contribution < -0.4 is 16.2 Å². The van der Waals surface area contributed by atoms with Crippen LogP contribution in [0.1, 0.15) is 30.9 Å². The van der Waals surface area contributed by atoms with Gasteiger partial charge < -0.3 is 16.2 Å². The van der Waals surface area contributed by atoms with Crippen LogP contribution in [0.3, 0.4) is 0 Å². The Balaban J connectivity index is 2.16. The fourth-order valence-electron chi connectivity index (χ4n) is 2.44. The van der Waals surface area contributed by atoms with Gasteiger partial charge in [0.15, 0.2) is 0 Å². The summed E-state index contributed by atoms with van der Waals surface area (Å²) < 4.78 is 5.14. The van der Waals surface area contributed by atoms with Gasteiger partial charge in [0.2, 0.25) is 0 Å². The zero-order chi connectivity index (χ0) is 11.6. The van der Waals surface area contributed by atoms with Gasteiger partial charge in [-0.3, -0.25) is 0 Å². The molecule has 0 amide bonds. The van der Waals surface area contributed by atoms with Gasteiger partial charge in [-0.05, 0) is 37.1 Å². The van der Waals surface area contributed by atoms with E-state index in [1.54, 1.807) is 7.11 Å². The summed E-state index contributed by atoms with van der Waals surface area (Å²) in [6.07, 6.45) is 3.55. The molecule has 1 atom stereocenters. The van der Waals surface area contributed by atoms with Gasteiger partial charge in [-0.1, -0.05) is 18.6 Å². The van der Waals surface area contributed by atoms with Crippen molar-refractivity contribution in [2.24, 2.45) is 16.9 Å². The van der Waals surface area contributed by atoms with E-state index in [0.29, 0.717) is 6.54 Å². The zero-order valence-electron chi connectivity index (χ0n) is 9.78. The van der Waals surface area contributed by atoms with Crippen molar-refractivity contribution in [1.29, 1.82) is 0 Å². The summed E-state index contributed by atoms with van der Waals surface area (Å²) >= 11 is 0. The van der Waals surface area contributed by atoms with Gasteiger partial charge in [-0.25, -0.2) is 0 Å². The van der Waals surface area contributed by atoms with E-state index in [1.807, 2.05) is 24.3 Å². The Morgan fingerprint density at radius 2 is 1.94 bits per heavy atom. The molecule has 3 heteroatoms. The maximum atomic E-state index is 6.32. The molecule has 0 bridgehead atoms. The molecule has 2 rings (SSSR count). The lowest BCUT2D eigenvalue weighted by Crippen LogP contribution is -2.46. The molecule has 1 aromatic carbocycles. The minimum Gasteiger partial charge on any atom is -0.497 e. The monoisotopic (exact) mass is 220 g/mol. The van der Waals surface area contributed by atoms with Crippen LogP contribution in [0.4, 0.5) is 0 Å². The zero-order valence-corrected chi connectivity index (χ0v) is 9.78. The van der Waals surface area contributed by atoms with Gasteiger partial charge in [-0.15, -0.1) is 0 Å². The quantitative estimate of drug-likeness (QED) is 0.813. The maximum Gasteiger partial charge on any atom is 0.118 e. The predicted molar refractivity (Wildman–Crippen MR) is 65.3 cm³/mol. The SMILES string of the molecule is COc1ccc(C(N)C2(CN)CCC2)cc1. The number of hydrogen-bond donors (Lipinski definition) is 2. The lowest BCUT2D eigenvalue weighted by molar-refractivity contribution is 0.105. The molecule has 0 radical (unpaired) electrons. The van der Waals surface area contributed by atoms with E-state index >= 15 is 0 Å². The third kappa shape index (κ3) is 1.81. The molecule has 16 heavy (non-hydrogen) atoms. The molecule has 3 nitrogen and oxygen atoms in total. The molecule has 0 spiro atoms. The lowest BCUT2D eigenvalue weighted by atomic mass is 9.63. The Labute approximate surface area is 96.8 Å². The van der Waals surface area contributed by atoms with Gasteiger partial charge in [-0.2, -0.15) is 0 Å². The maximum absolute atomic E-state index is 6.32. The van der Waals surface area contributed by atoms with Crippen LogP contribution in [0.25, 0.3) is 0 Å². The highest BCUT2D eigenvalue weighted by atomic mass is 16.5. The largest absolute Gasteiger partial charge is 0.497 e. The molecular formula is C13H20N2O. The molecule has 1 aliphatic rings. The van der Waals surface area contributed by atoms with Crippen molar-refractivity contribution in [3.63, 3.8) is 0 Å². The molecule has 1 fully saturated rings. The van der Waals surface area contributed by atoms with Crippen molar-refractivity contribution in [2.75, 3.05) is 13.7 Å². The Hall–Kier alpha value is -1.06. The number of benzene rings is 1. The number of rotatable bonds is 4. The number of ether oxygens (including phenoxy) is 1. The number of hydrogen-bond acceptors (Lipinski definition) is 3. The van der Waals surface area contributed by atoms with Crippen LogP contribution in [0.2, 0.25) is 0 Å². The van der Waals surface area contributed by atoms with Gasteiger partial charge in [0.25, 0.3) is 0 Å². The van der Waals surface area contributed by atoms with E-state index in [2.05, 4.69) is 0 Å². The summed E-state index contributed by atoms with van der Waals surface area (Å²) in [6.45, 7) is 0.681. The summed E-state index contributed by atoms with van der Waals surface area (Å²) in [6, 6.07) is 8.05. The van der Waals surface area contributed by atoms with Crippen molar-refractivity contribution in [3.05, 3.63) is 29.8 Å². The molecule has 1 aromatic rings. The van der Waals surface area contributed by atoms with E-state index in [0.717, 1.165) is 24.2 Å². The van der Waals surface area contributed by atoms with E-state index in [9.17, 15) is 0 Å². The predicted octanol–water partition coefficient (Wildman–Crippen LogP) is 1.82. The Kier molecular flexibility index (Phi) is 3.17. The second-order valence-electron chi connectivity index (χ2n) is 4.67. The number of nitrogens with two attached hydrogens (primary N) is 2. The summed E-state index contributed by atoms with van der Waals surface area (Å²) in [7, 11) is 1.67. The molecule has 1 unspecified atom stereocenters. The molecule has 4 N–H and O–H groups in total. The van der Waals surface area contributed by atoms with E-state index in [1.165, 1.54) is 6.42 Å². The second kappa shape index (κ2) is 4.44. The first-order valence-corrected chi connectivity index (χ1v) is 5.81. The Bertz CT molecular complexity index is 338. The third-order valence-electron chi connectivity index (χ3n) is 3.89. The van der Waals surface area contributed by atoms with E-state index in [4.69, 9.17) is 16.2 Å². The van der Waals surface area contributed by atoms with Crippen molar-refractivity contribution >= 4 is 0 Å². The van der Waals surface area contributed by atoms with Gasteiger partial charge in [0, 0.05) is 11.5 Å². The second-order valence-corrected chi connectivity index (χ2v) is 4.67. The van der Waals surface area contributed by atoms with Crippen molar-refractivity contribution in [1.82, 2.24) is 0 Å². The average Bonchev–Trinajstić information content (AvgIpc) is 2.28. The molecule has 0 heterocycles. The van der Waals surface area contributed by atoms with Gasteiger partial charge in [0.05, 0.1) is 7.11 Å². The molecule has 0 saturated heterocycles. The van der Waals surface area contributed by atoms with E-state index < -0.39 is 0 Å². The molecule has 1 saturated carbocycles. The minimum atomic E-state index is 0.0529. The average molecular weight is 220 g/mol. The number of methoxy groups -OCH3 is 1. The minimum absolute atomic E-state index is 0.0529. The van der Waals surface area contributed by atoms with Gasteiger partial charge in [0.1, 0.15) is 5.75 Å². The van der Waals surface area contributed by atoms with Crippen LogP contribution in [-0.4, -0.2) is 13.7 Å². The molecule has 88 valence electrons. The topological polar surface area (TPSA) is 61.3 Å². The first-order chi connectivity index (χ1) is 7.72. The van der Waals surface area contributed by atoms with Crippen LogP contribution >= 0.6 is 0 Å². The molecule has 1 aliphatic carbocycles. The summed E-state index contributed by atoms with van der Waals surface area (Å²) in [4.78, 5) is 0. The smallest absolute Gasteiger partial charge is 0.118 e. The van der Waals surface area contributed by atoms with Crippen molar-refractivity contribution < 1.29 is 4.74 Å². The van der Waals surface area contributed by atoms with Crippen molar-refractivity contribution in [3.8, 4) is 5.75 Å². The van der Waals surface area contributed by atoms with Crippen LogP contribution in [0, 0.1) is 5.41 Å². The summed E-state index contributed by atoms with van der Waals surface area (Å²) in [5.41, 5.74) is 13.5. The van der Waals surface area contributed by atoms with E-state index in [-0.39, 0.29) is 11.5 Å². The van der Waals surface area contributed by atoms with Crippen LogP contribution in [-0.2, 0) is 0 Å². The fourth-order valence-corrected chi connectivity index (χ4v) is 2.44. The summed E-state index contributed by atoms with van der Waals surface area (Å²) in [5.74, 6) is 0.867. The Morgan fingerprint density at radius 1 is 1.31 bits per heavy atom. The normalized spacial score (nSPS) is 19.9. The van der Waals surface area contributed by atoms with Crippen molar-refractivity contribution in [2.45, 2.75) is 25.3 Å².